The SMILES string of the molecule is CC(Sc1c(F)cc(N)cc1F)c1ccccc1. The van der Waals surface area contributed by atoms with Crippen molar-refractivity contribution in [2.75, 3.05) is 5.73 Å². The fourth-order valence-electron chi connectivity index (χ4n) is 1.66. The van der Waals surface area contributed by atoms with Crippen LogP contribution in [0, 0.1) is 11.6 Å². The van der Waals surface area contributed by atoms with Gasteiger partial charge >= 0.3 is 0 Å². The number of anilines is 1. The van der Waals surface area contributed by atoms with E-state index in [0.29, 0.717) is 0 Å². The first-order chi connectivity index (χ1) is 8.58. The Hall–Kier alpha value is -1.55. The molecule has 2 rings (SSSR count). The Kier molecular flexibility index (Phi) is 3.87. The molecule has 0 aliphatic carbocycles. The predicted molar refractivity (Wildman–Crippen MR) is 71.5 cm³/mol. The number of nitrogens with two attached hydrogens (primary N) is 1. The zero-order valence-electron chi connectivity index (χ0n) is 9.86. The van der Waals surface area contributed by atoms with E-state index in [9.17, 15) is 8.78 Å². The lowest BCUT2D eigenvalue weighted by atomic mass is 10.2. The van der Waals surface area contributed by atoms with Crippen molar-refractivity contribution < 1.29 is 8.78 Å². The minimum atomic E-state index is -0.611. The maximum absolute atomic E-state index is 13.6. The molecule has 0 aliphatic heterocycles. The lowest BCUT2D eigenvalue weighted by Gasteiger charge is -2.13. The van der Waals surface area contributed by atoms with Gasteiger partial charge in [-0.1, -0.05) is 30.3 Å². The van der Waals surface area contributed by atoms with E-state index in [1.807, 2.05) is 37.3 Å². The highest BCUT2D eigenvalue weighted by molar-refractivity contribution is 7.99. The van der Waals surface area contributed by atoms with E-state index in [1.54, 1.807) is 0 Å². The summed E-state index contributed by atoms with van der Waals surface area (Å²) in [4.78, 5) is 0.0144. The van der Waals surface area contributed by atoms with Crippen LogP contribution in [0.5, 0.6) is 0 Å². The third kappa shape index (κ3) is 2.82. The van der Waals surface area contributed by atoms with Crippen molar-refractivity contribution in [1.29, 1.82) is 0 Å². The van der Waals surface area contributed by atoms with E-state index in [2.05, 4.69) is 0 Å². The fourth-order valence-corrected chi connectivity index (χ4v) is 2.65. The molecule has 0 saturated heterocycles. The average Bonchev–Trinajstić information content (AvgIpc) is 2.34. The summed E-state index contributed by atoms with van der Waals surface area (Å²) in [7, 11) is 0. The second-order valence-corrected chi connectivity index (χ2v) is 5.34. The number of hydrogen-bond donors (Lipinski definition) is 1. The molecular weight excluding hydrogens is 252 g/mol. The van der Waals surface area contributed by atoms with Gasteiger partial charge in [0.15, 0.2) is 0 Å². The second-order valence-electron chi connectivity index (χ2n) is 3.98. The molecular formula is C14H13F2NS. The molecule has 2 aromatic rings. The Balaban J connectivity index is 2.25. The molecule has 94 valence electrons. The van der Waals surface area contributed by atoms with Gasteiger partial charge in [0.1, 0.15) is 11.6 Å². The molecule has 0 bridgehead atoms. The highest BCUT2D eigenvalue weighted by Gasteiger charge is 2.15. The normalized spacial score (nSPS) is 12.4. The summed E-state index contributed by atoms with van der Waals surface area (Å²) < 4.78 is 27.3. The molecule has 0 aromatic heterocycles. The molecule has 1 unspecified atom stereocenters. The number of halogens is 2. The highest BCUT2D eigenvalue weighted by Crippen LogP contribution is 2.38. The van der Waals surface area contributed by atoms with Gasteiger partial charge in [0, 0.05) is 10.9 Å². The Bertz CT molecular complexity index is 520. The van der Waals surface area contributed by atoms with Gasteiger partial charge in [-0.25, -0.2) is 8.78 Å². The topological polar surface area (TPSA) is 26.0 Å². The first kappa shape index (κ1) is 12.9. The van der Waals surface area contributed by atoms with E-state index >= 15 is 0 Å². The number of rotatable bonds is 3. The van der Waals surface area contributed by atoms with E-state index in [1.165, 1.54) is 0 Å². The summed E-state index contributed by atoms with van der Waals surface area (Å²) in [6.45, 7) is 1.91. The van der Waals surface area contributed by atoms with Gasteiger partial charge in [0.2, 0.25) is 0 Å². The van der Waals surface area contributed by atoms with Gasteiger partial charge in [0.05, 0.1) is 4.90 Å². The van der Waals surface area contributed by atoms with Crippen molar-refractivity contribution in [2.45, 2.75) is 17.1 Å². The molecule has 4 heteroatoms. The summed E-state index contributed by atoms with van der Waals surface area (Å²) in [5.41, 5.74) is 6.51. The monoisotopic (exact) mass is 265 g/mol. The van der Waals surface area contributed by atoms with Crippen LogP contribution in [0.2, 0.25) is 0 Å². The number of nitrogen functional groups attached to an aromatic ring is 1. The van der Waals surface area contributed by atoms with Crippen molar-refractivity contribution in [3.63, 3.8) is 0 Å². The van der Waals surface area contributed by atoms with Gasteiger partial charge in [-0.2, -0.15) is 0 Å². The van der Waals surface area contributed by atoms with Crippen molar-refractivity contribution >= 4 is 17.4 Å². The first-order valence-corrected chi connectivity index (χ1v) is 6.42. The molecule has 2 aromatic carbocycles. The Labute approximate surface area is 109 Å². The summed E-state index contributed by atoms with van der Waals surface area (Å²) >= 11 is 1.15. The number of hydrogen-bond acceptors (Lipinski definition) is 2. The fraction of sp³-hybridized carbons (Fsp3) is 0.143. The third-order valence-electron chi connectivity index (χ3n) is 2.58. The van der Waals surface area contributed by atoms with Crippen LogP contribution in [0.4, 0.5) is 14.5 Å². The zero-order valence-corrected chi connectivity index (χ0v) is 10.7. The van der Waals surface area contributed by atoms with Crippen LogP contribution < -0.4 is 5.73 Å². The zero-order chi connectivity index (χ0) is 13.1. The summed E-state index contributed by atoms with van der Waals surface area (Å²) in [6.07, 6.45) is 0. The summed E-state index contributed by atoms with van der Waals surface area (Å²) in [5, 5.41) is -0.0289. The summed E-state index contributed by atoms with van der Waals surface area (Å²) in [5.74, 6) is -1.22. The predicted octanol–water partition coefficient (Wildman–Crippen LogP) is 4.40. The van der Waals surface area contributed by atoms with Gasteiger partial charge in [-0.3, -0.25) is 0 Å². The largest absolute Gasteiger partial charge is 0.399 e. The van der Waals surface area contributed by atoms with Crippen LogP contribution >= 0.6 is 11.8 Å². The minimum absolute atomic E-state index is 0.0144. The molecule has 0 radical (unpaired) electrons. The highest BCUT2D eigenvalue weighted by atomic mass is 32.2. The van der Waals surface area contributed by atoms with Crippen molar-refractivity contribution in [3.8, 4) is 0 Å². The smallest absolute Gasteiger partial charge is 0.141 e. The maximum Gasteiger partial charge on any atom is 0.141 e. The standard InChI is InChI=1S/C14H13F2NS/c1-9(10-5-3-2-4-6-10)18-14-12(15)7-11(17)8-13(14)16/h2-9H,17H2,1H3. The Morgan fingerprint density at radius 3 is 2.17 bits per heavy atom. The Morgan fingerprint density at radius 2 is 1.61 bits per heavy atom. The van der Waals surface area contributed by atoms with Crippen molar-refractivity contribution in [3.05, 3.63) is 59.7 Å². The van der Waals surface area contributed by atoms with E-state index in [0.717, 1.165) is 29.5 Å². The van der Waals surface area contributed by atoms with E-state index < -0.39 is 11.6 Å². The molecule has 0 saturated carbocycles. The molecule has 0 amide bonds. The lowest BCUT2D eigenvalue weighted by Crippen LogP contribution is -1.95. The summed E-state index contributed by atoms with van der Waals surface area (Å²) in [6, 6.07) is 11.9. The minimum Gasteiger partial charge on any atom is -0.399 e. The molecule has 1 atom stereocenters. The lowest BCUT2D eigenvalue weighted by molar-refractivity contribution is 0.541. The van der Waals surface area contributed by atoms with Crippen LogP contribution in [0.15, 0.2) is 47.4 Å². The molecule has 0 spiro atoms. The van der Waals surface area contributed by atoms with Gasteiger partial charge in [-0.15, -0.1) is 11.8 Å². The molecule has 0 heterocycles. The first-order valence-electron chi connectivity index (χ1n) is 5.54. The third-order valence-corrected chi connectivity index (χ3v) is 3.84. The van der Waals surface area contributed by atoms with Gasteiger partial charge in [-0.05, 0) is 24.6 Å². The van der Waals surface area contributed by atoms with E-state index in [-0.39, 0.29) is 15.8 Å². The molecule has 0 fully saturated rings. The Morgan fingerprint density at radius 1 is 1.06 bits per heavy atom. The van der Waals surface area contributed by atoms with Crippen LogP contribution in [-0.2, 0) is 0 Å². The molecule has 0 aliphatic rings. The molecule has 18 heavy (non-hydrogen) atoms. The van der Waals surface area contributed by atoms with Crippen LogP contribution in [0.25, 0.3) is 0 Å². The van der Waals surface area contributed by atoms with Crippen LogP contribution in [0.1, 0.15) is 17.7 Å². The maximum atomic E-state index is 13.6. The quantitative estimate of drug-likeness (QED) is 0.657. The second kappa shape index (κ2) is 5.40. The van der Waals surface area contributed by atoms with Crippen molar-refractivity contribution in [1.82, 2.24) is 0 Å². The average molecular weight is 265 g/mol. The van der Waals surface area contributed by atoms with Crippen LogP contribution in [0.3, 0.4) is 0 Å². The number of benzene rings is 2. The molecule has 2 N–H and O–H groups in total. The van der Waals surface area contributed by atoms with Gasteiger partial charge < -0.3 is 5.73 Å². The van der Waals surface area contributed by atoms with Gasteiger partial charge in [0.25, 0.3) is 0 Å². The van der Waals surface area contributed by atoms with E-state index in [4.69, 9.17) is 5.73 Å². The number of thioether (sulfide) groups is 1. The molecule has 1 nitrogen and oxygen atoms in total. The van der Waals surface area contributed by atoms with Crippen molar-refractivity contribution in [2.24, 2.45) is 0 Å². The van der Waals surface area contributed by atoms with Crippen LogP contribution in [-0.4, -0.2) is 0 Å².